The van der Waals surface area contributed by atoms with Gasteiger partial charge in [0.05, 0.1) is 18.5 Å². The predicted octanol–water partition coefficient (Wildman–Crippen LogP) is 3.05. The number of halogens is 1. The van der Waals surface area contributed by atoms with Gasteiger partial charge in [-0.3, -0.25) is 9.79 Å². The van der Waals surface area contributed by atoms with Gasteiger partial charge in [-0.2, -0.15) is 9.78 Å². The summed E-state index contributed by atoms with van der Waals surface area (Å²) in [5.41, 5.74) is 9.87. The smallest absolute Gasteiger partial charge is 0.293 e. The minimum absolute atomic E-state index is 0.0100. The number of nitrogens with two attached hydrogens (primary N) is 1. The molecule has 0 atom stereocenters. The Balaban J connectivity index is 1.27. The Hall–Kier alpha value is -4.24. The predicted molar refractivity (Wildman–Crippen MR) is 142 cm³/mol. The van der Waals surface area contributed by atoms with E-state index < -0.39 is 5.91 Å². The standard InChI is InChI=1S/C23H20FN9O3S2/c24-17-7-2-1-5-15(17)12-35-16-6-3-4-14(10-16)11-27-29-22(34)19-18(13-38-23-26-8-9-37-23)33(32-28-19)21-20(25)30-36-31-21/h1-7,10-11H,8-9,12-13H2,(H2,25,30)(H,29,34)/b27-11+. The van der Waals surface area contributed by atoms with E-state index in [9.17, 15) is 9.18 Å². The van der Waals surface area contributed by atoms with Crippen LogP contribution in [0.15, 0.2) is 63.3 Å². The fourth-order valence-electron chi connectivity index (χ4n) is 3.33. The highest BCUT2D eigenvalue weighted by molar-refractivity contribution is 8.38. The first-order chi connectivity index (χ1) is 18.6. The number of hydrogen-bond donors (Lipinski definition) is 2. The monoisotopic (exact) mass is 553 g/mol. The van der Waals surface area contributed by atoms with E-state index in [1.807, 2.05) is 0 Å². The summed E-state index contributed by atoms with van der Waals surface area (Å²) in [6, 6.07) is 13.4. The zero-order valence-electron chi connectivity index (χ0n) is 19.7. The number of anilines is 1. The van der Waals surface area contributed by atoms with Gasteiger partial charge in [0.1, 0.15) is 22.5 Å². The molecule has 4 aromatic rings. The molecule has 1 amide bonds. The second kappa shape index (κ2) is 11.9. The highest BCUT2D eigenvalue weighted by Crippen LogP contribution is 2.27. The van der Waals surface area contributed by atoms with Gasteiger partial charge in [0, 0.05) is 17.1 Å². The van der Waals surface area contributed by atoms with E-state index in [2.05, 4.69) is 40.8 Å². The first kappa shape index (κ1) is 25.4. The zero-order valence-corrected chi connectivity index (χ0v) is 21.3. The lowest BCUT2D eigenvalue weighted by atomic mass is 10.2. The van der Waals surface area contributed by atoms with Crippen LogP contribution in [-0.2, 0) is 12.4 Å². The summed E-state index contributed by atoms with van der Waals surface area (Å²) >= 11 is 3.09. The Morgan fingerprint density at radius 3 is 2.97 bits per heavy atom. The molecule has 1 aliphatic heterocycles. The molecule has 0 saturated carbocycles. The normalized spacial score (nSPS) is 13.1. The number of carbonyl (C=O) groups is 1. The van der Waals surface area contributed by atoms with Gasteiger partial charge in [0.15, 0.2) is 5.69 Å². The molecule has 194 valence electrons. The molecule has 15 heteroatoms. The van der Waals surface area contributed by atoms with Gasteiger partial charge in [-0.1, -0.05) is 59.1 Å². The van der Waals surface area contributed by atoms with Crippen molar-refractivity contribution in [3.05, 3.63) is 76.9 Å². The van der Waals surface area contributed by atoms with Crippen molar-refractivity contribution in [2.75, 3.05) is 18.0 Å². The van der Waals surface area contributed by atoms with Gasteiger partial charge >= 0.3 is 0 Å². The van der Waals surface area contributed by atoms with Crippen LogP contribution in [0.25, 0.3) is 5.82 Å². The van der Waals surface area contributed by atoms with Crippen LogP contribution in [0.2, 0.25) is 0 Å². The van der Waals surface area contributed by atoms with E-state index in [0.717, 1.165) is 16.7 Å². The number of nitrogens with one attached hydrogen (secondary N) is 1. The highest BCUT2D eigenvalue weighted by Gasteiger charge is 2.24. The van der Waals surface area contributed by atoms with Gasteiger partial charge in [-0.25, -0.2) is 14.4 Å². The van der Waals surface area contributed by atoms with Crippen molar-refractivity contribution in [3.8, 4) is 11.6 Å². The summed E-state index contributed by atoms with van der Waals surface area (Å²) in [7, 11) is 0. The maximum atomic E-state index is 13.8. The van der Waals surface area contributed by atoms with Crippen molar-refractivity contribution in [2.24, 2.45) is 10.1 Å². The van der Waals surface area contributed by atoms with Crippen LogP contribution in [0.1, 0.15) is 27.3 Å². The molecule has 0 aliphatic carbocycles. The number of nitrogen functional groups attached to an aromatic ring is 1. The number of thioether (sulfide) groups is 2. The number of aliphatic imine (C=N–C) groups is 1. The minimum atomic E-state index is -0.578. The summed E-state index contributed by atoms with van der Waals surface area (Å²) in [5.74, 6) is 0.999. The molecule has 0 fully saturated rings. The number of amides is 1. The number of carbonyl (C=O) groups excluding carboxylic acids is 1. The Morgan fingerprint density at radius 2 is 2.18 bits per heavy atom. The average Bonchev–Trinajstić information content (AvgIpc) is 3.68. The van der Waals surface area contributed by atoms with E-state index in [0.29, 0.717) is 28.3 Å². The first-order valence-electron chi connectivity index (χ1n) is 11.2. The lowest BCUT2D eigenvalue weighted by Gasteiger charge is -2.07. The summed E-state index contributed by atoms with van der Waals surface area (Å²) in [6.07, 6.45) is 1.45. The second-order valence-corrected chi connectivity index (χ2v) is 10.0. The quantitative estimate of drug-likeness (QED) is 0.233. The molecule has 3 heterocycles. The molecule has 0 bridgehead atoms. The Kier molecular flexibility index (Phi) is 7.94. The van der Waals surface area contributed by atoms with Gasteiger partial charge in [-0.05, 0) is 34.1 Å². The molecule has 12 nitrogen and oxygen atoms in total. The summed E-state index contributed by atoms with van der Waals surface area (Å²) in [5, 5.41) is 19.4. The Bertz CT molecular complexity index is 1500. The Labute approximate surface area is 223 Å². The summed E-state index contributed by atoms with van der Waals surface area (Å²) < 4.78 is 26.4. The van der Waals surface area contributed by atoms with E-state index >= 15 is 0 Å². The molecule has 0 spiro atoms. The fourth-order valence-corrected chi connectivity index (χ4v) is 5.33. The van der Waals surface area contributed by atoms with Crippen LogP contribution >= 0.6 is 23.5 Å². The van der Waals surface area contributed by atoms with E-state index in [1.54, 1.807) is 54.2 Å². The van der Waals surface area contributed by atoms with Crippen molar-refractivity contribution in [3.63, 3.8) is 0 Å². The van der Waals surface area contributed by atoms with Crippen molar-refractivity contribution < 1.29 is 18.6 Å². The number of hydrazone groups is 1. The molecule has 5 rings (SSSR count). The number of nitrogens with zero attached hydrogens (tertiary/aromatic N) is 7. The van der Waals surface area contributed by atoms with Crippen molar-refractivity contribution >= 4 is 45.8 Å². The fraction of sp³-hybridized carbons (Fsp3) is 0.174. The molecule has 3 N–H and O–H groups in total. The van der Waals surface area contributed by atoms with Crippen LogP contribution in [0, 0.1) is 5.82 Å². The maximum Gasteiger partial charge on any atom is 0.293 e. The molecular weight excluding hydrogens is 533 g/mol. The first-order valence-corrected chi connectivity index (χ1v) is 13.2. The van der Waals surface area contributed by atoms with E-state index in [1.165, 1.54) is 28.7 Å². The number of ether oxygens (including phenoxy) is 1. The lowest BCUT2D eigenvalue weighted by molar-refractivity contribution is 0.0949. The number of rotatable bonds is 9. The SMILES string of the molecule is Nc1nonc1-n1nnc(C(=O)N/N=C/c2cccc(OCc3ccccc3F)c2)c1CSC1=NCCS1. The van der Waals surface area contributed by atoms with Crippen LogP contribution in [0.5, 0.6) is 5.75 Å². The number of hydrogen-bond acceptors (Lipinski definition) is 12. The van der Waals surface area contributed by atoms with Gasteiger partial charge in [0.25, 0.3) is 5.91 Å². The van der Waals surface area contributed by atoms with E-state index in [4.69, 9.17) is 10.5 Å². The zero-order chi connectivity index (χ0) is 26.3. The van der Waals surface area contributed by atoms with Gasteiger partial charge in [0.2, 0.25) is 11.6 Å². The van der Waals surface area contributed by atoms with E-state index in [-0.39, 0.29) is 29.8 Å². The third kappa shape index (κ3) is 6.00. The Morgan fingerprint density at radius 1 is 1.29 bits per heavy atom. The molecule has 2 aromatic carbocycles. The summed E-state index contributed by atoms with van der Waals surface area (Å²) in [6.45, 7) is 0.832. The van der Waals surface area contributed by atoms with Crippen LogP contribution < -0.4 is 15.9 Å². The van der Waals surface area contributed by atoms with Crippen LogP contribution in [0.3, 0.4) is 0 Å². The van der Waals surface area contributed by atoms with Gasteiger partial charge < -0.3 is 10.5 Å². The van der Waals surface area contributed by atoms with Gasteiger partial charge in [-0.15, -0.1) is 5.10 Å². The summed E-state index contributed by atoms with van der Waals surface area (Å²) in [4.78, 5) is 17.4. The van der Waals surface area contributed by atoms with Crippen LogP contribution in [0.4, 0.5) is 10.2 Å². The molecule has 0 saturated heterocycles. The molecule has 1 aliphatic rings. The molecule has 0 unspecified atom stereocenters. The second-order valence-electron chi connectivity index (χ2n) is 7.71. The van der Waals surface area contributed by atoms with Crippen molar-refractivity contribution in [2.45, 2.75) is 12.4 Å². The molecule has 2 aromatic heterocycles. The average molecular weight is 554 g/mol. The van der Waals surface area contributed by atoms with Crippen molar-refractivity contribution in [1.29, 1.82) is 0 Å². The topological polar surface area (TPSA) is 159 Å². The molecule has 38 heavy (non-hydrogen) atoms. The third-order valence-corrected chi connectivity index (χ3v) is 7.42. The molecular formula is C23H20FN9O3S2. The van der Waals surface area contributed by atoms with Crippen molar-refractivity contribution in [1.82, 2.24) is 30.7 Å². The minimum Gasteiger partial charge on any atom is -0.489 e. The third-order valence-electron chi connectivity index (χ3n) is 5.15. The highest BCUT2D eigenvalue weighted by atomic mass is 32.2. The molecule has 0 radical (unpaired) electrons. The maximum absolute atomic E-state index is 13.8. The number of benzene rings is 2. The van der Waals surface area contributed by atoms with Crippen LogP contribution in [-0.4, -0.2) is 54.1 Å². The largest absolute Gasteiger partial charge is 0.489 e. The lowest BCUT2D eigenvalue weighted by Crippen LogP contribution is -2.20. The number of aromatic nitrogens is 5.